The lowest BCUT2D eigenvalue weighted by molar-refractivity contribution is 0.601. The number of nitrogens with one attached hydrogen (secondary N) is 1. The van der Waals surface area contributed by atoms with E-state index in [4.69, 9.17) is 16.0 Å². The molecule has 0 atom stereocenters. The Morgan fingerprint density at radius 2 is 2.31 bits per heavy atom. The summed E-state index contributed by atoms with van der Waals surface area (Å²) in [6.07, 6.45) is 1.55. The molecule has 0 fully saturated rings. The summed E-state index contributed by atoms with van der Waals surface area (Å²) < 4.78 is 19.8. The van der Waals surface area contributed by atoms with E-state index in [9.17, 15) is 4.39 Å². The van der Waals surface area contributed by atoms with E-state index in [-0.39, 0.29) is 5.02 Å². The first-order valence-corrected chi connectivity index (χ1v) is 6.06. The van der Waals surface area contributed by atoms with E-state index in [0.717, 1.165) is 12.1 Å². The van der Waals surface area contributed by atoms with Gasteiger partial charge in [0.15, 0.2) is 11.4 Å². The van der Waals surface area contributed by atoms with Crippen LogP contribution in [0.5, 0.6) is 0 Å². The van der Waals surface area contributed by atoms with Crippen molar-refractivity contribution in [2.75, 3.05) is 6.54 Å². The highest BCUT2D eigenvalue weighted by atomic mass is 79.9. The normalized spacial score (nSPS) is 11.2. The average Bonchev–Trinajstić information content (AvgIpc) is 2.67. The summed E-state index contributed by atoms with van der Waals surface area (Å²) in [5.41, 5.74) is 1.27. The predicted molar refractivity (Wildman–Crippen MR) is 66.3 cm³/mol. The molecule has 5 heteroatoms. The van der Waals surface area contributed by atoms with Gasteiger partial charge in [-0.05, 0) is 28.5 Å². The minimum Gasteiger partial charge on any atom is -0.463 e. The van der Waals surface area contributed by atoms with Crippen molar-refractivity contribution in [3.63, 3.8) is 0 Å². The molecular weight excluding hydrogens is 296 g/mol. The predicted octanol–water partition coefficient (Wildman–Crippen LogP) is 4.10. The molecule has 0 radical (unpaired) electrons. The number of hydrogen-bond donors (Lipinski definition) is 1. The molecule has 0 aliphatic carbocycles. The van der Waals surface area contributed by atoms with Crippen LogP contribution < -0.4 is 5.32 Å². The summed E-state index contributed by atoms with van der Waals surface area (Å²) in [6.45, 7) is 3.37. The molecule has 1 aromatic carbocycles. The Morgan fingerprint density at radius 3 is 3.00 bits per heavy atom. The molecule has 0 spiro atoms. The van der Waals surface area contributed by atoms with Crippen LogP contribution in [0.25, 0.3) is 11.0 Å². The van der Waals surface area contributed by atoms with Crippen molar-refractivity contribution in [3.05, 3.63) is 33.2 Å². The van der Waals surface area contributed by atoms with Gasteiger partial charge in [0.25, 0.3) is 0 Å². The molecule has 1 heterocycles. The molecule has 0 bridgehead atoms. The highest BCUT2D eigenvalue weighted by molar-refractivity contribution is 9.10. The fourth-order valence-electron chi connectivity index (χ4n) is 1.56. The van der Waals surface area contributed by atoms with Gasteiger partial charge in [-0.15, -0.1) is 0 Å². The number of hydrogen-bond acceptors (Lipinski definition) is 2. The van der Waals surface area contributed by atoms with Gasteiger partial charge in [0.2, 0.25) is 0 Å². The summed E-state index contributed by atoms with van der Waals surface area (Å²) >= 11 is 9.09. The standard InChI is InChI=1S/C11H10BrClFNO/c1-2-15-4-6-5-16-11-7(12)3-8(13)10(14)9(6)11/h3,5,15H,2,4H2,1H3. The third-order valence-corrected chi connectivity index (χ3v) is 3.20. The number of fused-ring (bicyclic) bond motifs is 1. The summed E-state index contributed by atoms with van der Waals surface area (Å²) in [7, 11) is 0. The molecule has 16 heavy (non-hydrogen) atoms. The van der Waals surface area contributed by atoms with Crippen LogP contribution in [-0.2, 0) is 6.54 Å². The molecule has 86 valence electrons. The molecule has 0 saturated carbocycles. The second kappa shape index (κ2) is 4.73. The lowest BCUT2D eigenvalue weighted by Crippen LogP contribution is -2.11. The van der Waals surface area contributed by atoms with Gasteiger partial charge in [0, 0.05) is 12.1 Å². The van der Waals surface area contributed by atoms with E-state index in [1.807, 2.05) is 6.92 Å². The molecule has 0 aliphatic rings. The van der Waals surface area contributed by atoms with Crippen LogP contribution in [0.3, 0.4) is 0 Å². The highest BCUT2D eigenvalue weighted by Crippen LogP contribution is 2.34. The Hall–Kier alpha value is -0.580. The quantitative estimate of drug-likeness (QED) is 0.864. The van der Waals surface area contributed by atoms with E-state index in [2.05, 4.69) is 21.2 Å². The Kier molecular flexibility index (Phi) is 3.52. The molecule has 1 aromatic heterocycles. The van der Waals surface area contributed by atoms with Crippen LogP contribution in [0.1, 0.15) is 12.5 Å². The zero-order chi connectivity index (χ0) is 11.7. The minimum atomic E-state index is -0.429. The van der Waals surface area contributed by atoms with Gasteiger partial charge in [-0.3, -0.25) is 0 Å². The summed E-state index contributed by atoms with van der Waals surface area (Å²) in [5.74, 6) is -0.429. The number of benzene rings is 1. The van der Waals surface area contributed by atoms with Gasteiger partial charge in [0.05, 0.1) is 21.1 Å². The van der Waals surface area contributed by atoms with Crippen LogP contribution in [-0.4, -0.2) is 6.54 Å². The number of furan rings is 1. The van der Waals surface area contributed by atoms with Crippen molar-refractivity contribution >= 4 is 38.5 Å². The van der Waals surface area contributed by atoms with E-state index < -0.39 is 5.82 Å². The molecule has 0 aliphatic heterocycles. The maximum absolute atomic E-state index is 13.9. The van der Waals surface area contributed by atoms with E-state index in [0.29, 0.717) is 22.0 Å². The van der Waals surface area contributed by atoms with Crippen LogP contribution in [0.4, 0.5) is 4.39 Å². The van der Waals surface area contributed by atoms with Crippen molar-refractivity contribution < 1.29 is 8.81 Å². The molecular formula is C11H10BrClFNO. The first-order chi connectivity index (χ1) is 7.65. The van der Waals surface area contributed by atoms with Gasteiger partial charge in [-0.25, -0.2) is 4.39 Å². The van der Waals surface area contributed by atoms with Crippen LogP contribution in [0.15, 0.2) is 21.2 Å². The molecule has 0 unspecified atom stereocenters. The lowest BCUT2D eigenvalue weighted by atomic mass is 10.1. The smallest absolute Gasteiger partial charge is 0.153 e. The number of halogens is 3. The Morgan fingerprint density at radius 1 is 1.56 bits per heavy atom. The maximum Gasteiger partial charge on any atom is 0.153 e. The molecule has 1 N–H and O–H groups in total. The highest BCUT2D eigenvalue weighted by Gasteiger charge is 2.16. The third kappa shape index (κ3) is 1.97. The zero-order valence-corrected chi connectivity index (χ0v) is 11.0. The summed E-state index contributed by atoms with van der Waals surface area (Å²) in [6, 6.07) is 1.50. The Balaban J connectivity index is 2.60. The van der Waals surface area contributed by atoms with Crippen LogP contribution in [0, 0.1) is 5.82 Å². The third-order valence-electron chi connectivity index (χ3n) is 2.33. The molecule has 0 saturated heterocycles. The van der Waals surface area contributed by atoms with Gasteiger partial charge in [-0.2, -0.15) is 0 Å². The fraction of sp³-hybridized carbons (Fsp3) is 0.273. The van der Waals surface area contributed by atoms with Crippen molar-refractivity contribution in [1.29, 1.82) is 0 Å². The maximum atomic E-state index is 13.9. The van der Waals surface area contributed by atoms with Crippen molar-refractivity contribution in [1.82, 2.24) is 5.32 Å². The van der Waals surface area contributed by atoms with Gasteiger partial charge in [0.1, 0.15) is 0 Å². The molecule has 2 aromatic rings. The average molecular weight is 307 g/mol. The monoisotopic (exact) mass is 305 g/mol. The molecule has 0 amide bonds. The van der Waals surface area contributed by atoms with Gasteiger partial charge in [-0.1, -0.05) is 18.5 Å². The Bertz CT molecular complexity index is 526. The Labute approximate surface area is 106 Å². The SMILES string of the molecule is CCNCc1coc2c(Br)cc(Cl)c(F)c12. The first-order valence-electron chi connectivity index (χ1n) is 4.89. The van der Waals surface area contributed by atoms with Crippen LogP contribution in [0.2, 0.25) is 5.02 Å². The minimum absolute atomic E-state index is 0.0959. The molecule has 2 rings (SSSR count). The summed E-state index contributed by atoms with van der Waals surface area (Å²) in [4.78, 5) is 0. The zero-order valence-electron chi connectivity index (χ0n) is 8.61. The van der Waals surface area contributed by atoms with Crippen LogP contribution >= 0.6 is 27.5 Å². The fourth-order valence-corrected chi connectivity index (χ4v) is 2.42. The molecule has 2 nitrogen and oxygen atoms in total. The first kappa shape index (κ1) is 11.9. The summed E-state index contributed by atoms with van der Waals surface area (Å²) in [5, 5.41) is 3.66. The largest absolute Gasteiger partial charge is 0.463 e. The number of rotatable bonds is 3. The topological polar surface area (TPSA) is 25.2 Å². The second-order valence-corrected chi connectivity index (χ2v) is 4.66. The van der Waals surface area contributed by atoms with E-state index in [1.54, 1.807) is 6.26 Å². The van der Waals surface area contributed by atoms with E-state index >= 15 is 0 Å². The second-order valence-electron chi connectivity index (χ2n) is 3.40. The lowest BCUT2D eigenvalue weighted by Gasteiger charge is -2.02. The van der Waals surface area contributed by atoms with Gasteiger partial charge >= 0.3 is 0 Å². The van der Waals surface area contributed by atoms with Gasteiger partial charge < -0.3 is 9.73 Å². The van der Waals surface area contributed by atoms with E-state index in [1.165, 1.54) is 6.07 Å². The van der Waals surface area contributed by atoms with Crippen molar-refractivity contribution in [3.8, 4) is 0 Å². The van der Waals surface area contributed by atoms with Crippen molar-refractivity contribution in [2.24, 2.45) is 0 Å². The van der Waals surface area contributed by atoms with Crippen molar-refractivity contribution in [2.45, 2.75) is 13.5 Å².